The topological polar surface area (TPSA) is 54.7 Å². The molecule has 3 nitrogen and oxygen atoms in total. The lowest BCUT2D eigenvalue weighted by Gasteiger charge is -2.03. The van der Waals surface area contributed by atoms with Crippen molar-refractivity contribution in [3.8, 4) is 11.3 Å². The number of nitrogens with one attached hydrogen (secondary N) is 1. The number of aromatic nitrogens is 2. The van der Waals surface area contributed by atoms with Gasteiger partial charge in [0.25, 0.3) is 0 Å². The minimum atomic E-state index is -0.203. The Morgan fingerprint density at radius 2 is 2.12 bits per heavy atom. The SMILES string of the molecule is Cc1cc(-c2n[nH]c(C)c2CN)ccc1F. The van der Waals surface area contributed by atoms with Crippen LogP contribution in [0, 0.1) is 19.7 Å². The highest BCUT2D eigenvalue weighted by molar-refractivity contribution is 5.64. The number of aromatic amines is 1. The number of H-pyrrole nitrogens is 1. The Balaban J connectivity index is 2.54. The predicted octanol–water partition coefficient (Wildman–Crippen LogP) is 2.29. The number of hydrogen-bond donors (Lipinski definition) is 2. The number of rotatable bonds is 2. The molecule has 0 saturated carbocycles. The third kappa shape index (κ3) is 1.72. The molecule has 0 unspecified atom stereocenters. The van der Waals surface area contributed by atoms with Gasteiger partial charge in [0, 0.05) is 23.4 Å². The molecular formula is C12H14FN3. The zero-order chi connectivity index (χ0) is 11.7. The van der Waals surface area contributed by atoms with Gasteiger partial charge in [-0.2, -0.15) is 5.10 Å². The van der Waals surface area contributed by atoms with Crippen LogP contribution in [-0.4, -0.2) is 10.2 Å². The average molecular weight is 219 g/mol. The number of aryl methyl sites for hydroxylation is 2. The summed E-state index contributed by atoms with van der Waals surface area (Å²) < 4.78 is 13.1. The summed E-state index contributed by atoms with van der Waals surface area (Å²) in [4.78, 5) is 0. The molecule has 0 aliphatic heterocycles. The first-order valence-electron chi connectivity index (χ1n) is 5.14. The van der Waals surface area contributed by atoms with E-state index in [1.165, 1.54) is 6.07 Å². The van der Waals surface area contributed by atoms with E-state index in [9.17, 15) is 4.39 Å². The molecule has 2 aromatic rings. The van der Waals surface area contributed by atoms with E-state index in [0.29, 0.717) is 12.1 Å². The predicted molar refractivity (Wildman–Crippen MR) is 61.3 cm³/mol. The van der Waals surface area contributed by atoms with Crippen LogP contribution >= 0.6 is 0 Å². The van der Waals surface area contributed by atoms with Gasteiger partial charge in [0.15, 0.2) is 0 Å². The fourth-order valence-electron chi connectivity index (χ4n) is 1.73. The molecule has 4 heteroatoms. The Labute approximate surface area is 93.5 Å². The van der Waals surface area contributed by atoms with Crippen LogP contribution in [0.5, 0.6) is 0 Å². The Kier molecular flexibility index (Phi) is 2.75. The first kappa shape index (κ1) is 10.8. The Morgan fingerprint density at radius 1 is 1.38 bits per heavy atom. The molecule has 1 heterocycles. The van der Waals surface area contributed by atoms with Crippen molar-refractivity contribution in [3.63, 3.8) is 0 Å². The molecule has 0 fully saturated rings. The Hall–Kier alpha value is -1.68. The number of nitrogens with two attached hydrogens (primary N) is 1. The third-order valence-corrected chi connectivity index (χ3v) is 2.71. The molecule has 0 radical (unpaired) electrons. The van der Waals surface area contributed by atoms with Gasteiger partial charge in [-0.1, -0.05) is 0 Å². The van der Waals surface area contributed by atoms with Crippen LogP contribution in [0.25, 0.3) is 11.3 Å². The van der Waals surface area contributed by atoms with Crippen molar-refractivity contribution < 1.29 is 4.39 Å². The highest BCUT2D eigenvalue weighted by Crippen LogP contribution is 2.24. The van der Waals surface area contributed by atoms with Gasteiger partial charge in [-0.15, -0.1) is 0 Å². The molecule has 1 aromatic heterocycles. The lowest BCUT2D eigenvalue weighted by molar-refractivity contribution is 0.618. The molecule has 16 heavy (non-hydrogen) atoms. The van der Waals surface area contributed by atoms with E-state index in [2.05, 4.69) is 10.2 Å². The quantitative estimate of drug-likeness (QED) is 0.814. The van der Waals surface area contributed by atoms with Gasteiger partial charge in [0.1, 0.15) is 5.82 Å². The second kappa shape index (κ2) is 4.06. The molecule has 0 amide bonds. The summed E-state index contributed by atoms with van der Waals surface area (Å²) >= 11 is 0. The van der Waals surface area contributed by atoms with Crippen LogP contribution in [0.1, 0.15) is 16.8 Å². The summed E-state index contributed by atoms with van der Waals surface area (Å²) in [5, 5.41) is 7.10. The van der Waals surface area contributed by atoms with E-state index in [1.807, 2.05) is 6.92 Å². The van der Waals surface area contributed by atoms with Crippen molar-refractivity contribution in [3.05, 3.63) is 40.8 Å². The second-order valence-corrected chi connectivity index (χ2v) is 3.84. The minimum Gasteiger partial charge on any atom is -0.326 e. The van der Waals surface area contributed by atoms with E-state index >= 15 is 0 Å². The number of halogens is 1. The zero-order valence-corrected chi connectivity index (χ0v) is 9.34. The van der Waals surface area contributed by atoms with Gasteiger partial charge in [-0.3, -0.25) is 5.10 Å². The van der Waals surface area contributed by atoms with Crippen molar-refractivity contribution >= 4 is 0 Å². The number of hydrogen-bond acceptors (Lipinski definition) is 2. The summed E-state index contributed by atoms with van der Waals surface area (Å²) in [5.74, 6) is -0.203. The largest absolute Gasteiger partial charge is 0.326 e. The maximum absolute atomic E-state index is 13.1. The van der Waals surface area contributed by atoms with Gasteiger partial charge in [-0.25, -0.2) is 4.39 Å². The van der Waals surface area contributed by atoms with Crippen LogP contribution < -0.4 is 5.73 Å². The molecule has 2 rings (SSSR count). The monoisotopic (exact) mass is 219 g/mol. The van der Waals surface area contributed by atoms with Crippen molar-refractivity contribution in [2.75, 3.05) is 0 Å². The van der Waals surface area contributed by atoms with E-state index < -0.39 is 0 Å². The van der Waals surface area contributed by atoms with Crippen LogP contribution in [0.15, 0.2) is 18.2 Å². The zero-order valence-electron chi connectivity index (χ0n) is 9.34. The maximum atomic E-state index is 13.1. The van der Waals surface area contributed by atoms with Crippen molar-refractivity contribution in [1.82, 2.24) is 10.2 Å². The standard InChI is InChI=1S/C12H14FN3/c1-7-5-9(3-4-11(7)13)12-10(6-14)8(2)15-16-12/h3-5H,6,14H2,1-2H3,(H,15,16). The molecule has 0 spiro atoms. The van der Waals surface area contributed by atoms with Crippen LogP contribution in [0.3, 0.4) is 0 Å². The molecule has 84 valence electrons. The summed E-state index contributed by atoms with van der Waals surface area (Å²) in [6.07, 6.45) is 0. The first-order valence-corrected chi connectivity index (χ1v) is 5.14. The highest BCUT2D eigenvalue weighted by atomic mass is 19.1. The normalized spacial score (nSPS) is 10.8. The van der Waals surface area contributed by atoms with E-state index in [-0.39, 0.29) is 5.82 Å². The van der Waals surface area contributed by atoms with Gasteiger partial charge in [0.2, 0.25) is 0 Å². The van der Waals surface area contributed by atoms with Gasteiger partial charge < -0.3 is 5.73 Å². The molecule has 0 bridgehead atoms. The van der Waals surface area contributed by atoms with E-state index in [4.69, 9.17) is 5.73 Å². The van der Waals surface area contributed by atoms with E-state index in [0.717, 1.165) is 22.5 Å². The van der Waals surface area contributed by atoms with Crippen LogP contribution in [0.4, 0.5) is 4.39 Å². The lowest BCUT2D eigenvalue weighted by atomic mass is 10.0. The summed E-state index contributed by atoms with van der Waals surface area (Å²) in [7, 11) is 0. The van der Waals surface area contributed by atoms with E-state index in [1.54, 1.807) is 19.1 Å². The minimum absolute atomic E-state index is 0.203. The smallest absolute Gasteiger partial charge is 0.126 e. The summed E-state index contributed by atoms with van der Waals surface area (Å²) in [6, 6.07) is 4.95. The fraction of sp³-hybridized carbons (Fsp3) is 0.250. The van der Waals surface area contributed by atoms with Crippen molar-refractivity contribution in [1.29, 1.82) is 0 Å². The first-order chi connectivity index (χ1) is 7.63. The summed E-state index contributed by atoms with van der Waals surface area (Å²) in [5.41, 5.74) is 9.92. The Morgan fingerprint density at radius 3 is 2.75 bits per heavy atom. The molecule has 0 saturated heterocycles. The van der Waals surface area contributed by atoms with Gasteiger partial charge in [-0.05, 0) is 37.6 Å². The lowest BCUT2D eigenvalue weighted by Crippen LogP contribution is -1.99. The molecule has 0 aliphatic carbocycles. The molecule has 0 aliphatic rings. The molecule has 3 N–H and O–H groups in total. The fourth-order valence-corrected chi connectivity index (χ4v) is 1.73. The summed E-state index contributed by atoms with van der Waals surface area (Å²) in [6.45, 7) is 4.09. The second-order valence-electron chi connectivity index (χ2n) is 3.84. The highest BCUT2D eigenvalue weighted by Gasteiger charge is 2.11. The number of nitrogens with zero attached hydrogens (tertiary/aromatic N) is 1. The average Bonchev–Trinajstić information content (AvgIpc) is 2.63. The van der Waals surface area contributed by atoms with Crippen LogP contribution in [-0.2, 0) is 6.54 Å². The maximum Gasteiger partial charge on any atom is 0.126 e. The Bertz CT molecular complexity index is 517. The third-order valence-electron chi connectivity index (χ3n) is 2.71. The van der Waals surface area contributed by atoms with Crippen molar-refractivity contribution in [2.45, 2.75) is 20.4 Å². The molecular weight excluding hydrogens is 205 g/mol. The molecule has 1 aromatic carbocycles. The van der Waals surface area contributed by atoms with Crippen LogP contribution in [0.2, 0.25) is 0 Å². The number of benzene rings is 1. The molecule has 0 atom stereocenters. The van der Waals surface area contributed by atoms with Crippen molar-refractivity contribution in [2.24, 2.45) is 5.73 Å². The van der Waals surface area contributed by atoms with Gasteiger partial charge in [0.05, 0.1) is 5.69 Å². The van der Waals surface area contributed by atoms with Gasteiger partial charge >= 0.3 is 0 Å².